The molecule has 0 amide bonds. The van der Waals surface area contributed by atoms with Crippen molar-refractivity contribution < 1.29 is 5.11 Å². The van der Waals surface area contributed by atoms with Gasteiger partial charge in [0.05, 0.1) is 0 Å². The zero-order chi connectivity index (χ0) is 17.2. The number of aromatic nitrogens is 2. The molecule has 3 aromatic rings. The van der Waals surface area contributed by atoms with E-state index in [2.05, 4.69) is 9.97 Å². The second-order valence-corrected chi connectivity index (χ2v) is 6.28. The molecule has 0 saturated carbocycles. The fourth-order valence-electron chi connectivity index (χ4n) is 2.65. The van der Waals surface area contributed by atoms with Gasteiger partial charge >= 0.3 is 0 Å². The molecule has 1 N–H and O–H groups in total. The van der Waals surface area contributed by atoms with Gasteiger partial charge in [-0.05, 0) is 23.8 Å². The Bertz CT molecular complexity index is 835. The third-order valence-electron chi connectivity index (χ3n) is 3.96. The number of rotatable bonds is 4. The number of aryl methyl sites for hydroxylation is 1. The fourth-order valence-corrected chi connectivity index (χ4v) is 3.05. The first kappa shape index (κ1) is 16.9. The topological polar surface area (TPSA) is 46.0 Å². The minimum Gasteiger partial charge on any atom is -0.376 e. The van der Waals surface area contributed by atoms with Gasteiger partial charge in [-0.2, -0.15) is 0 Å². The molecule has 1 heterocycles. The molecule has 0 bridgehead atoms. The summed E-state index contributed by atoms with van der Waals surface area (Å²) < 4.78 is 0. The Kier molecular flexibility index (Phi) is 4.86. The molecule has 1 unspecified atom stereocenters. The number of nitrogens with zero attached hydrogens (tertiary/aromatic N) is 2. The minimum absolute atomic E-state index is 0.467. The summed E-state index contributed by atoms with van der Waals surface area (Å²) in [7, 11) is 0. The predicted octanol–water partition coefficient (Wildman–Crippen LogP) is 4.63. The van der Waals surface area contributed by atoms with Crippen molar-refractivity contribution in [2.24, 2.45) is 0 Å². The molecule has 0 fully saturated rings. The van der Waals surface area contributed by atoms with Gasteiger partial charge < -0.3 is 5.11 Å². The van der Waals surface area contributed by atoms with E-state index in [1.807, 2.05) is 19.1 Å². The summed E-state index contributed by atoms with van der Waals surface area (Å²) in [6.45, 7) is 1.98. The van der Waals surface area contributed by atoms with E-state index in [-0.39, 0.29) is 0 Å². The maximum absolute atomic E-state index is 11.7. The second-order valence-electron chi connectivity index (χ2n) is 5.44. The third-order valence-corrected chi connectivity index (χ3v) is 4.55. The average molecular weight is 359 g/mol. The van der Waals surface area contributed by atoms with Gasteiger partial charge in [-0.3, -0.25) is 0 Å². The van der Waals surface area contributed by atoms with Crippen LogP contribution in [0.2, 0.25) is 10.0 Å². The second kappa shape index (κ2) is 6.89. The molecule has 3 rings (SSSR count). The molecule has 0 aliphatic rings. The van der Waals surface area contributed by atoms with Crippen LogP contribution in [0.3, 0.4) is 0 Å². The highest BCUT2D eigenvalue weighted by Gasteiger charge is 2.36. The van der Waals surface area contributed by atoms with Crippen molar-refractivity contribution in [2.45, 2.75) is 18.9 Å². The lowest BCUT2D eigenvalue weighted by atomic mass is 9.81. The van der Waals surface area contributed by atoms with Crippen LogP contribution in [0.25, 0.3) is 0 Å². The lowest BCUT2D eigenvalue weighted by Crippen LogP contribution is -2.29. The zero-order valence-electron chi connectivity index (χ0n) is 13.1. The monoisotopic (exact) mass is 358 g/mol. The van der Waals surface area contributed by atoms with Gasteiger partial charge in [0, 0.05) is 40.0 Å². The van der Waals surface area contributed by atoms with E-state index in [0.717, 1.165) is 12.2 Å². The van der Waals surface area contributed by atoms with Gasteiger partial charge in [-0.15, -0.1) is 0 Å². The Morgan fingerprint density at radius 2 is 1.54 bits per heavy atom. The maximum atomic E-state index is 11.7. The lowest BCUT2D eigenvalue weighted by Gasteiger charge is -2.30. The van der Waals surface area contributed by atoms with E-state index < -0.39 is 5.60 Å². The van der Waals surface area contributed by atoms with Crippen LogP contribution < -0.4 is 0 Å². The number of hydrogen-bond donors (Lipinski definition) is 1. The third kappa shape index (κ3) is 3.03. The van der Waals surface area contributed by atoms with Gasteiger partial charge in [0.2, 0.25) is 0 Å². The Morgan fingerprint density at radius 1 is 0.917 bits per heavy atom. The predicted molar refractivity (Wildman–Crippen MR) is 96.4 cm³/mol. The highest BCUT2D eigenvalue weighted by atomic mass is 35.5. The lowest BCUT2D eigenvalue weighted by molar-refractivity contribution is 0.125. The highest BCUT2D eigenvalue weighted by Crippen LogP contribution is 2.39. The summed E-state index contributed by atoms with van der Waals surface area (Å²) in [6, 6.07) is 14.2. The molecule has 2 aromatic carbocycles. The summed E-state index contributed by atoms with van der Waals surface area (Å²) >= 11 is 12.4. The molecule has 0 spiro atoms. The highest BCUT2D eigenvalue weighted by molar-refractivity contribution is 6.31. The van der Waals surface area contributed by atoms with Crippen LogP contribution >= 0.6 is 23.2 Å². The van der Waals surface area contributed by atoms with Gasteiger partial charge in [0.15, 0.2) is 0 Å². The number of halogens is 2. The summed E-state index contributed by atoms with van der Waals surface area (Å²) in [5.74, 6) is 0.719. The quantitative estimate of drug-likeness (QED) is 0.739. The van der Waals surface area contributed by atoms with Crippen molar-refractivity contribution >= 4 is 23.2 Å². The Hall–Kier alpha value is -1.94. The van der Waals surface area contributed by atoms with Crippen LogP contribution in [0.5, 0.6) is 0 Å². The molecular formula is C19H16Cl2N2O. The van der Waals surface area contributed by atoms with Crippen LogP contribution in [-0.2, 0) is 12.0 Å². The molecule has 1 aromatic heterocycles. The SMILES string of the molecule is CCc1ncc(C(O)(c2ccc(Cl)cc2)c2ccccc2Cl)cn1. The first-order valence-corrected chi connectivity index (χ1v) is 8.36. The molecular weight excluding hydrogens is 343 g/mol. The average Bonchev–Trinajstić information content (AvgIpc) is 2.62. The van der Waals surface area contributed by atoms with Crippen molar-refractivity contribution in [2.75, 3.05) is 0 Å². The van der Waals surface area contributed by atoms with Crippen LogP contribution in [0.15, 0.2) is 60.9 Å². The molecule has 0 aliphatic carbocycles. The standard InChI is InChI=1S/C19H16Cl2N2O/c1-2-18-22-11-14(12-23-18)19(24,13-7-9-15(20)10-8-13)16-5-3-4-6-17(16)21/h3-12,24H,2H2,1H3. The minimum atomic E-state index is -1.46. The van der Waals surface area contributed by atoms with Crippen molar-refractivity contribution in [3.63, 3.8) is 0 Å². The number of hydrogen-bond acceptors (Lipinski definition) is 3. The largest absolute Gasteiger partial charge is 0.376 e. The first-order valence-electron chi connectivity index (χ1n) is 7.60. The fraction of sp³-hybridized carbons (Fsp3) is 0.158. The molecule has 5 heteroatoms. The summed E-state index contributed by atoms with van der Waals surface area (Å²) in [4.78, 5) is 8.64. The van der Waals surface area contributed by atoms with Gasteiger partial charge in [0.1, 0.15) is 11.4 Å². The van der Waals surface area contributed by atoms with Gasteiger partial charge in [-0.25, -0.2) is 9.97 Å². The smallest absolute Gasteiger partial charge is 0.144 e. The van der Waals surface area contributed by atoms with Crippen molar-refractivity contribution in [1.29, 1.82) is 0 Å². The molecule has 0 radical (unpaired) electrons. The Labute approximate surface area is 150 Å². The summed E-state index contributed by atoms with van der Waals surface area (Å²) in [5, 5.41) is 12.7. The summed E-state index contributed by atoms with van der Waals surface area (Å²) in [6.07, 6.45) is 4.01. The maximum Gasteiger partial charge on any atom is 0.144 e. The van der Waals surface area contributed by atoms with Crippen molar-refractivity contribution in [1.82, 2.24) is 9.97 Å². The van der Waals surface area contributed by atoms with E-state index in [1.165, 1.54) is 0 Å². The molecule has 0 aliphatic heterocycles. The molecule has 1 atom stereocenters. The molecule has 3 nitrogen and oxygen atoms in total. The molecule has 24 heavy (non-hydrogen) atoms. The Balaban J connectivity index is 2.23. The number of aliphatic hydroxyl groups is 1. The van der Waals surface area contributed by atoms with E-state index >= 15 is 0 Å². The van der Waals surface area contributed by atoms with Crippen LogP contribution in [0, 0.1) is 0 Å². The van der Waals surface area contributed by atoms with E-state index in [1.54, 1.807) is 48.8 Å². The first-order chi connectivity index (χ1) is 11.6. The van der Waals surface area contributed by atoms with Gasteiger partial charge in [0.25, 0.3) is 0 Å². The zero-order valence-corrected chi connectivity index (χ0v) is 14.6. The van der Waals surface area contributed by atoms with Gasteiger partial charge in [-0.1, -0.05) is 60.5 Å². The normalized spacial score (nSPS) is 13.5. The van der Waals surface area contributed by atoms with Crippen molar-refractivity contribution in [3.05, 3.63) is 93.5 Å². The van der Waals surface area contributed by atoms with E-state index in [9.17, 15) is 5.11 Å². The molecule has 122 valence electrons. The van der Waals surface area contributed by atoms with Crippen LogP contribution in [0.1, 0.15) is 29.4 Å². The van der Waals surface area contributed by atoms with Crippen LogP contribution in [0.4, 0.5) is 0 Å². The van der Waals surface area contributed by atoms with Crippen LogP contribution in [-0.4, -0.2) is 15.1 Å². The molecule has 0 saturated heterocycles. The Morgan fingerprint density at radius 3 is 2.12 bits per heavy atom. The summed E-state index contributed by atoms with van der Waals surface area (Å²) in [5.41, 5.74) is 0.305. The van der Waals surface area contributed by atoms with E-state index in [0.29, 0.717) is 26.7 Å². The number of benzene rings is 2. The van der Waals surface area contributed by atoms with E-state index in [4.69, 9.17) is 23.2 Å². The van der Waals surface area contributed by atoms with Crippen molar-refractivity contribution in [3.8, 4) is 0 Å².